The van der Waals surface area contributed by atoms with Gasteiger partial charge in [-0.25, -0.2) is 14.4 Å². The van der Waals surface area contributed by atoms with Gasteiger partial charge in [0.05, 0.1) is 109 Å². The van der Waals surface area contributed by atoms with Gasteiger partial charge in [0.1, 0.15) is 19.0 Å². The number of benzene rings is 3. The Morgan fingerprint density at radius 1 is 0.477 bits per heavy atom. The Morgan fingerprint density at radius 3 is 1.17 bits per heavy atom. The lowest BCUT2D eigenvalue weighted by molar-refractivity contribution is -0.384. The summed E-state index contributed by atoms with van der Waals surface area (Å²) in [5.41, 5.74) is 12.3. The molecular weight excluding hydrogens is 1430 g/mol. The summed E-state index contributed by atoms with van der Waals surface area (Å²) in [5, 5.41) is 26.9. The Kier molecular flexibility index (Phi) is 42.0. The van der Waals surface area contributed by atoms with Gasteiger partial charge >= 0.3 is 24.2 Å². The number of nitrogens with zero attached hydrogens (tertiary/aromatic N) is 3. The Bertz CT molecular complexity index is 3540. The zero-order valence-electron chi connectivity index (χ0n) is 61.8. The van der Waals surface area contributed by atoms with Gasteiger partial charge in [0.2, 0.25) is 23.6 Å². The fourth-order valence-electron chi connectivity index (χ4n) is 10.2. The number of nitro benzene ring substituents is 1. The molecule has 0 unspecified atom stereocenters. The van der Waals surface area contributed by atoms with E-state index >= 15 is 0 Å². The molecular formula is C73H99N11O25. The number of anilines is 2. The molecule has 109 heavy (non-hydrogen) atoms. The average Bonchev–Trinajstić information content (AvgIpc) is 1.26. The summed E-state index contributed by atoms with van der Waals surface area (Å²) >= 11 is 0. The Labute approximate surface area is 630 Å². The molecule has 0 radical (unpaired) electrons. The third-order valence-corrected chi connectivity index (χ3v) is 16.0. The molecule has 0 aromatic heterocycles. The number of rotatable bonds is 52. The van der Waals surface area contributed by atoms with Gasteiger partial charge in [0, 0.05) is 105 Å². The van der Waals surface area contributed by atoms with Crippen LogP contribution in [-0.4, -0.2) is 215 Å². The number of hydrogen-bond acceptors (Lipinski definition) is 25. The van der Waals surface area contributed by atoms with Crippen LogP contribution in [0.3, 0.4) is 0 Å². The number of carbonyl (C=O) groups excluding carboxylic acids is 14. The van der Waals surface area contributed by atoms with Crippen LogP contribution in [-0.2, 0) is 104 Å². The number of hydrogen-bond donors (Lipinski definition) is 8. The molecule has 3 aromatic rings. The molecule has 36 nitrogen and oxygen atoms in total. The van der Waals surface area contributed by atoms with Crippen LogP contribution in [0.1, 0.15) is 97.1 Å². The lowest BCUT2D eigenvalue weighted by Crippen LogP contribution is -2.45. The molecule has 0 saturated carbocycles. The molecule has 0 saturated heterocycles. The monoisotopic (exact) mass is 1530 g/mol. The van der Waals surface area contributed by atoms with Crippen molar-refractivity contribution in [3.8, 4) is 5.75 Å². The van der Waals surface area contributed by atoms with Crippen molar-refractivity contribution in [1.29, 1.82) is 0 Å². The second kappa shape index (κ2) is 50.6. The van der Waals surface area contributed by atoms with E-state index in [9.17, 15) is 77.2 Å². The number of esters is 1. The van der Waals surface area contributed by atoms with Crippen molar-refractivity contribution in [2.24, 2.45) is 35.1 Å². The molecule has 5 rings (SSSR count). The minimum atomic E-state index is -1.02. The van der Waals surface area contributed by atoms with E-state index in [4.69, 9.17) is 54.1 Å². The van der Waals surface area contributed by atoms with Gasteiger partial charge in [0.25, 0.3) is 29.3 Å². The molecule has 0 fully saturated rings. The molecule has 10 N–H and O–H groups in total. The summed E-state index contributed by atoms with van der Waals surface area (Å²) in [4.78, 5) is 183. The van der Waals surface area contributed by atoms with E-state index < -0.39 is 70.8 Å². The van der Waals surface area contributed by atoms with Gasteiger partial charge < -0.3 is 86.0 Å². The maximum atomic E-state index is 13.5. The Hall–Kier alpha value is -10.9. The van der Waals surface area contributed by atoms with Crippen molar-refractivity contribution in [3.05, 3.63) is 118 Å². The number of nitrogens with two attached hydrogens (primary N) is 2. The van der Waals surface area contributed by atoms with Crippen molar-refractivity contribution >= 4 is 100 Å². The number of nitrogens with one attached hydrogen (secondary N) is 6. The molecule has 2 aliphatic heterocycles. The first-order chi connectivity index (χ1) is 52.1. The molecule has 0 bridgehead atoms. The van der Waals surface area contributed by atoms with Gasteiger partial charge in [-0.2, -0.15) is 0 Å². The fraction of sp³-hybridized carbons (Fsp3) is 0.507. The number of carbonyl (C=O) groups is 14. The summed E-state index contributed by atoms with van der Waals surface area (Å²) in [6.07, 6.45) is 4.72. The number of primary amides is 2. The number of amides is 12. The van der Waals surface area contributed by atoms with Crippen LogP contribution in [0.25, 0.3) is 0 Å². The second-order valence-electron chi connectivity index (χ2n) is 25.2. The number of urea groups is 2. The third-order valence-electron chi connectivity index (χ3n) is 16.0. The molecule has 12 amide bonds. The van der Waals surface area contributed by atoms with Crippen LogP contribution in [0.2, 0.25) is 0 Å². The van der Waals surface area contributed by atoms with Crippen LogP contribution >= 0.6 is 0 Å². The molecule has 0 spiro atoms. The number of ether oxygens (including phenoxy) is 9. The van der Waals surface area contributed by atoms with E-state index in [0.717, 1.165) is 15.4 Å². The van der Waals surface area contributed by atoms with Gasteiger partial charge in [-0.15, -0.1) is 0 Å². The highest BCUT2D eigenvalue weighted by molar-refractivity contribution is 6.13. The first-order valence-electron chi connectivity index (χ1n) is 35.4. The topological polar surface area (TPSA) is 496 Å². The van der Waals surface area contributed by atoms with E-state index in [2.05, 4.69) is 31.9 Å². The zero-order chi connectivity index (χ0) is 80.0. The zero-order valence-corrected chi connectivity index (χ0v) is 61.8. The van der Waals surface area contributed by atoms with Gasteiger partial charge in [0.15, 0.2) is 11.6 Å². The van der Waals surface area contributed by atoms with Crippen LogP contribution in [0.4, 0.5) is 31.4 Å². The van der Waals surface area contributed by atoms with E-state index in [0.29, 0.717) is 29.8 Å². The quantitative estimate of drug-likeness (QED) is 0.00988. The summed E-state index contributed by atoms with van der Waals surface area (Å²) in [6, 6.07) is 14.9. The lowest BCUT2D eigenvalue weighted by Gasteiger charge is -2.24. The predicted octanol–water partition coefficient (Wildman–Crippen LogP) is 4.00. The van der Waals surface area contributed by atoms with E-state index in [1.165, 1.54) is 55.5 Å². The fourth-order valence-corrected chi connectivity index (χ4v) is 10.2. The number of Topliss-reactive ketones (excluding diaryl/α,β-unsaturated/α-hetero) is 2. The van der Waals surface area contributed by atoms with Crippen molar-refractivity contribution < 1.29 is 115 Å². The first kappa shape index (κ1) is 90.5. The van der Waals surface area contributed by atoms with Gasteiger partial charge in [-0.05, 0) is 85.0 Å². The summed E-state index contributed by atoms with van der Waals surface area (Å²) in [6.45, 7) is 11.7. The van der Waals surface area contributed by atoms with Crippen LogP contribution in [0, 0.1) is 33.8 Å². The molecule has 2 aliphatic rings. The highest BCUT2D eigenvalue weighted by Crippen LogP contribution is 2.23. The summed E-state index contributed by atoms with van der Waals surface area (Å²) < 4.78 is 47.6. The van der Waals surface area contributed by atoms with Crippen LogP contribution in [0.5, 0.6) is 5.75 Å². The summed E-state index contributed by atoms with van der Waals surface area (Å²) in [7, 11) is 0. The minimum absolute atomic E-state index is 0.0125. The maximum absolute atomic E-state index is 13.5. The lowest BCUT2D eigenvalue weighted by atomic mass is 9.89. The molecule has 0 aliphatic carbocycles. The van der Waals surface area contributed by atoms with Crippen molar-refractivity contribution in [2.45, 2.75) is 111 Å². The number of non-ortho nitro benzene ring substituents is 1. The predicted molar refractivity (Wildman–Crippen MR) is 389 cm³/mol. The van der Waals surface area contributed by atoms with E-state index in [-0.39, 0.29) is 222 Å². The van der Waals surface area contributed by atoms with E-state index in [1.807, 2.05) is 0 Å². The number of ketones is 2. The Balaban J connectivity index is 0.000000467. The minimum Gasteiger partial charge on any atom is -0.461 e. The smallest absolute Gasteiger partial charge is 0.461 e. The first-order valence-corrected chi connectivity index (χ1v) is 35.4. The normalized spacial score (nSPS) is 13.4. The van der Waals surface area contributed by atoms with Crippen molar-refractivity contribution in [1.82, 2.24) is 31.1 Å². The average molecular weight is 1530 g/mol. The van der Waals surface area contributed by atoms with Crippen LogP contribution in [0.15, 0.2) is 97.1 Å². The number of imide groups is 2. The molecule has 36 heteroatoms. The molecule has 2 heterocycles. The standard InChI is InChI=1S/C39H50N6O14.C34H49N5O11/c1-26(2)36(43-33(47)15-18-55-20-22-57-23-21-56-19-17-44-34(48)13-14-35(44)49)32(46)24-28(4-3-16-41-38(40)51)37(50)42-29-7-5-27(6-8-29)25-58-39(52)59-31-11-9-30(10-12-31)45(53)54;1-23(2)32(38-29(42)12-15-47-17-19-49-20-18-48-16-14-39-30(43)10-11-31(39)44)28(41)21-26(5-4-13-36-34(35)46)33(45)37-27-8-6-25(7-9-27)22-50-24(3)40/h5-14,26,28,36H,3-4,15-25H2,1-2H3,(H,42,50)(H,43,47)(H3,40,41,51);6-11,23,26,32H,4-5,12-22H2,1-3H3,(H,37,45)(H,38,42)(H3,35,36,46)/t28-,36+;26-,32+/m11/s1. The highest BCUT2D eigenvalue weighted by atomic mass is 16.7. The molecule has 3 aromatic carbocycles. The maximum Gasteiger partial charge on any atom is 0.514 e. The molecule has 4 atom stereocenters. The Morgan fingerprint density at radius 2 is 0.826 bits per heavy atom. The van der Waals surface area contributed by atoms with Gasteiger partial charge in [-0.1, -0.05) is 52.0 Å². The van der Waals surface area contributed by atoms with Crippen molar-refractivity contribution in [2.75, 3.05) is 116 Å². The van der Waals surface area contributed by atoms with Crippen LogP contribution < -0.4 is 48.1 Å². The summed E-state index contributed by atoms with van der Waals surface area (Å²) in [5.74, 6) is -6.22. The van der Waals surface area contributed by atoms with E-state index in [1.54, 1.807) is 76.2 Å². The SMILES string of the molecule is CC(=O)OCc1ccc(NC(=O)[C@H](CCCNC(N)=O)CC(=O)[C@@H](NC(=O)CCOCCOCCOCCN2C(=O)C=CC2=O)C(C)C)cc1.CC(C)[C@H](NC(=O)CCOCCOCCOCCN1C(=O)C=CC1=O)C(=O)C[C@@H](CCCNC(N)=O)C(=O)Nc1ccc(COC(=O)Oc2ccc([N+](=O)[O-])cc2)cc1. The molecule has 596 valence electrons. The highest BCUT2D eigenvalue weighted by Gasteiger charge is 2.32. The third kappa shape index (κ3) is 37.5. The largest absolute Gasteiger partial charge is 0.514 e. The second-order valence-corrected chi connectivity index (χ2v) is 25.2. The van der Waals surface area contributed by atoms with Crippen molar-refractivity contribution in [3.63, 3.8) is 0 Å². The number of nitro groups is 1. The van der Waals surface area contributed by atoms with Gasteiger partial charge in [-0.3, -0.25) is 72.7 Å².